The fourth-order valence-electron chi connectivity index (χ4n) is 1.83. The Hall–Kier alpha value is -1.65. The molecule has 20 heavy (non-hydrogen) atoms. The third-order valence-corrected chi connectivity index (χ3v) is 3.62. The highest BCUT2D eigenvalue weighted by molar-refractivity contribution is 7.34. The number of benzene rings is 1. The molecule has 0 saturated carbocycles. The normalized spacial score (nSPS) is 18.4. The summed E-state index contributed by atoms with van der Waals surface area (Å²) in [4.78, 5) is 11.8. The molecule has 7 heteroatoms. The number of nitrogens with one attached hydrogen (secondary N) is 3. The molecular weight excluding hydrogens is 273 g/mol. The first-order chi connectivity index (χ1) is 9.79. The van der Waals surface area contributed by atoms with Gasteiger partial charge in [0.25, 0.3) is 0 Å². The highest BCUT2D eigenvalue weighted by Crippen LogP contribution is 2.10. The van der Waals surface area contributed by atoms with Gasteiger partial charge in [-0.3, -0.25) is 9.99 Å². The summed E-state index contributed by atoms with van der Waals surface area (Å²) in [5.41, 5.74) is 2.41. The summed E-state index contributed by atoms with van der Waals surface area (Å²) in [5, 5.41) is 13.3. The summed E-state index contributed by atoms with van der Waals surface area (Å²) in [6.45, 7) is 5.69. The molecule has 1 aromatic rings. The van der Waals surface area contributed by atoms with Crippen LogP contribution in [0.25, 0.3) is 0 Å². The number of nitrogens with zero attached hydrogens (tertiary/aromatic N) is 2. The third-order valence-electron chi connectivity index (χ3n) is 3.03. The number of hydrogen-bond acceptors (Lipinski definition) is 5. The summed E-state index contributed by atoms with van der Waals surface area (Å²) in [5.74, 6) is 0.938. The number of hydrazone groups is 1. The summed E-state index contributed by atoms with van der Waals surface area (Å²) >= 11 is 0. The first-order valence-electron chi connectivity index (χ1n) is 6.60. The van der Waals surface area contributed by atoms with Gasteiger partial charge in [0.05, 0.1) is 8.88 Å². The van der Waals surface area contributed by atoms with Crippen LogP contribution in [0.15, 0.2) is 29.4 Å². The van der Waals surface area contributed by atoms with Gasteiger partial charge in [0, 0.05) is 31.7 Å². The van der Waals surface area contributed by atoms with Crippen molar-refractivity contribution in [2.75, 3.05) is 26.2 Å². The summed E-state index contributed by atoms with van der Waals surface area (Å²) in [6.07, 6.45) is 0.904. The number of amidine groups is 1. The Balaban J connectivity index is 0.000000160. The molecule has 1 aromatic carbocycles. The predicted octanol–water partition coefficient (Wildman–Crippen LogP) is 0.406. The average molecular weight is 293 g/mol. The van der Waals surface area contributed by atoms with Crippen LogP contribution in [-0.2, 0) is 4.79 Å². The van der Waals surface area contributed by atoms with E-state index in [0.29, 0.717) is 8.88 Å². The van der Waals surface area contributed by atoms with Gasteiger partial charge in [-0.2, -0.15) is 5.10 Å². The van der Waals surface area contributed by atoms with Gasteiger partial charge in [0.1, 0.15) is 0 Å². The van der Waals surface area contributed by atoms with Crippen molar-refractivity contribution in [3.63, 3.8) is 0 Å². The second kappa shape index (κ2) is 7.82. The van der Waals surface area contributed by atoms with Crippen molar-refractivity contribution in [2.45, 2.75) is 6.92 Å². The van der Waals surface area contributed by atoms with Crippen molar-refractivity contribution >= 4 is 21.1 Å². The summed E-state index contributed by atoms with van der Waals surface area (Å²) in [7, 11) is 0.508. The molecule has 108 valence electrons. The van der Waals surface area contributed by atoms with Crippen molar-refractivity contribution < 1.29 is 4.79 Å². The lowest BCUT2D eigenvalue weighted by Gasteiger charge is -2.22. The third kappa shape index (κ3) is 4.47. The largest absolute Gasteiger partial charge is 0.343 e. The van der Waals surface area contributed by atoms with Crippen molar-refractivity contribution in [1.82, 2.24) is 20.5 Å². The zero-order valence-electron chi connectivity index (χ0n) is 11.5. The molecular formula is C13H20N5OP. The van der Waals surface area contributed by atoms with Crippen LogP contribution in [0.5, 0.6) is 0 Å². The molecule has 0 aliphatic carbocycles. The molecule has 1 saturated heterocycles. The van der Waals surface area contributed by atoms with E-state index in [4.69, 9.17) is 0 Å². The lowest BCUT2D eigenvalue weighted by Crippen LogP contribution is -2.42. The van der Waals surface area contributed by atoms with Gasteiger partial charge in [-0.1, -0.05) is 29.8 Å². The number of piperazine rings is 1. The molecule has 3 N–H and O–H groups in total. The van der Waals surface area contributed by atoms with E-state index < -0.39 is 0 Å². The Morgan fingerprint density at radius 2 is 1.95 bits per heavy atom. The molecule has 1 fully saturated rings. The van der Waals surface area contributed by atoms with E-state index in [1.165, 1.54) is 5.56 Å². The van der Waals surface area contributed by atoms with Gasteiger partial charge in [-0.15, -0.1) is 0 Å². The smallest absolute Gasteiger partial charge is 0.209 e. The Morgan fingerprint density at radius 1 is 1.25 bits per heavy atom. The van der Waals surface area contributed by atoms with E-state index in [-0.39, 0.29) is 0 Å². The van der Waals surface area contributed by atoms with Crippen molar-refractivity contribution in [3.8, 4) is 0 Å². The molecule has 1 amide bonds. The highest BCUT2D eigenvalue weighted by atomic mass is 31.1. The minimum Gasteiger partial charge on any atom is -0.343 e. The number of rotatable bonds is 2. The quantitative estimate of drug-likeness (QED) is 0.545. The van der Waals surface area contributed by atoms with Crippen LogP contribution in [0, 0.1) is 6.92 Å². The number of aryl methyl sites for hydroxylation is 1. The predicted molar refractivity (Wildman–Crippen MR) is 82.8 cm³/mol. The zero-order chi connectivity index (χ0) is 14.2. The highest BCUT2D eigenvalue weighted by Gasteiger charge is 2.06. The van der Waals surface area contributed by atoms with Gasteiger partial charge in [-0.05, 0) is 6.92 Å². The maximum absolute atomic E-state index is 10.1. The number of carbonyl (C=O) groups excluding carboxylic acids is 1. The maximum Gasteiger partial charge on any atom is 0.209 e. The molecule has 0 bridgehead atoms. The molecule has 1 unspecified atom stereocenters. The van der Waals surface area contributed by atoms with Gasteiger partial charge in [0.15, 0.2) is 5.84 Å². The lowest BCUT2D eigenvalue weighted by molar-refractivity contribution is -0.118. The van der Waals surface area contributed by atoms with E-state index in [9.17, 15) is 4.79 Å². The van der Waals surface area contributed by atoms with Gasteiger partial charge in [0.2, 0.25) is 6.41 Å². The van der Waals surface area contributed by atoms with E-state index in [0.717, 1.165) is 44.0 Å². The molecule has 2 aliphatic rings. The molecule has 0 radical (unpaired) electrons. The van der Waals surface area contributed by atoms with Crippen LogP contribution in [0.4, 0.5) is 0 Å². The minimum atomic E-state index is 0.508. The number of carbonyl (C=O) groups is 1. The summed E-state index contributed by atoms with van der Waals surface area (Å²) < 4.78 is 0. The topological polar surface area (TPSA) is 68.8 Å². The van der Waals surface area contributed by atoms with Gasteiger partial charge >= 0.3 is 0 Å². The minimum absolute atomic E-state index is 0.508. The molecule has 0 aromatic heterocycles. The number of hydrogen-bond donors (Lipinski definition) is 3. The molecule has 2 aliphatic heterocycles. The first-order valence-corrected chi connectivity index (χ1v) is 7.60. The van der Waals surface area contributed by atoms with Crippen LogP contribution >= 0.6 is 8.88 Å². The maximum atomic E-state index is 10.1. The average Bonchev–Trinajstić information content (AvgIpc) is 3.04. The van der Waals surface area contributed by atoms with E-state index >= 15 is 0 Å². The molecule has 3 rings (SSSR count). The van der Waals surface area contributed by atoms with E-state index in [1.54, 1.807) is 4.90 Å². The zero-order valence-corrected chi connectivity index (χ0v) is 12.5. The van der Waals surface area contributed by atoms with Crippen molar-refractivity contribution in [2.24, 2.45) is 5.10 Å². The number of amides is 1. The van der Waals surface area contributed by atoms with Crippen LogP contribution in [-0.4, -0.2) is 43.3 Å². The molecule has 6 nitrogen and oxygen atoms in total. The van der Waals surface area contributed by atoms with Crippen LogP contribution < -0.4 is 15.6 Å². The fraction of sp³-hybridized carbons (Fsp3) is 0.385. The van der Waals surface area contributed by atoms with Crippen LogP contribution in [0.3, 0.4) is 0 Å². The lowest BCUT2D eigenvalue weighted by atomic mass is 10.1. The van der Waals surface area contributed by atoms with Crippen molar-refractivity contribution in [1.29, 1.82) is 0 Å². The fourth-order valence-corrected chi connectivity index (χ4v) is 2.38. The van der Waals surface area contributed by atoms with E-state index in [1.807, 2.05) is 0 Å². The van der Waals surface area contributed by atoms with Crippen LogP contribution in [0.2, 0.25) is 0 Å². The second-order valence-corrected chi connectivity index (χ2v) is 5.30. The SMILES string of the molecule is Cc1ccc(C2=NNPN2)cc1.O=CN1CCNCC1. The monoisotopic (exact) mass is 293 g/mol. The molecule has 2 heterocycles. The van der Waals surface area contributed by atoms with Crippen LogP contribution in [0.1, 0.15) is 11.1 Å². The van der Waals surface area contributed by atoms with Crippen molar-refractivity contribution in [3.05, 3.63) is 35.4 Å². The van der Waals surface area contributed by atoms with Gasteiger partial charge in [-0.25, -0.2) is 0 Å². The summed E-state index contributed by atoms with van der Waals surface area (Å²) in [6, 6.07) is 8.30. The Bertz CT molecular complexity index is 456. The Morgan fingerprint density at radius 3 is 2.45 bits per heavy atom. The van der Waals surface area contributed by atoms with E-state index in [2.05, 4.69) is 51.9 Å². The second-order valence-electron chi connectivity index (χ2n) is 4.58. The first kappa shape index (κ1) is 14.8. The Labute approximate surface area is 120 Å². The standard InChI is InChI=1S/C8H10N3P.C5H10N2O/c1-6-2-4-7(5-3-6)8-9-11-12-10-8;8-5-7-3-1-6-2-4-7/h2-5,11-12H,1H3,(H,9,10);5-6H,1-4H2. The molecule has 1 atom stereocenters. The molecule has 0 spiro atoms. The van der Waals surface area contributed by atoms with Gasteiger partial charge < -0.3 is 15.3 Å². The Kier molecular flexibility index (Phi) is 5.77.